The Hall–Kier alpha value is -0.980. The fourth-order valence-corrected chi connectivity index (χ4v) is 3.93. The molecule has 1 fully saturated rings. The molecule has 0 saturated carbocycles. The lowest BCUT2D eigenvalue weighted by molar-refractivity contribution is 0.239. The van der Waals surface area contributed by atoms with Crippen molar-refractivity contribution in [3.8, 4) is 0 Å². The van der Waals surface area contributed by atoms with E-state index in [4.69, 9.17) is 0 Å². The Balaban J connectivity index is 2.05. The molecule has 1 aromatic rings. The van der Waals surface area contributed by atoms with Gasteiger partial charge in [0.05, 0.1) is 11.9 Å². The standard InChI is InChI=1S/C15H25N3O2S/c1-12-6-7-17-15(9-12)14(16-2)10-13-5-4-8-18(11-13)21(3,19)20/h6-7,9,13-14,16H,4-5,8,10-11H2,1-3H3. The minimum Gasteiger partial charge on any atom is -0.312 e. The molecule has 21 heavy (non-hydrogen) atoms. The number of piperidine rings is 1. The summed E-state index contributed by atoms with van der Waals surface area (Å²) in [5.74, 6) is 0.383. The van der Waals surface area contributed by atoms with Crippen LogP contribution >= 0.6 is 0 Å². The average Bonchev–Trinajstić information content (AvgIpc) is 2.44. The summed E-state index contributed by atoms with van der Waals surface area (Å²) in [7, 11) is -1.14. The van der Waals surface area contributed by atoms with Gasteiger partial charge in [-0.1, -0.05) is 0 Å². The molecule has 6 heteroatoms. The van der Waals surface area contributed by atoms with E-state index >= 15 is 0 Å². The highest BCUT2D eigenvalue weighted by atomic mass is 32.2. The average molecular weight is 311 g/mol. The number of rotatable bonds is 5. The molecule has 0 spiro atoms. The number of nitrogens with zero attached hydrogens (tertiary/aromatic N) is 2. The molecule has 2 rings (SSSR count). The van der Waals surface area contributed by atoms with Crippen LogP contribution in [-0.4, -0.2) is 44.1 Å². The molecule has 118 valence electrons. The molecule has 0 aromatic carbocycles. The highest BCUT2D eigenvalue weighted by molar-refractivity contribution is 7.88. The molecule has 0 amide bonds. The third-order valence-electron chi connectivity index (χ3n) is 4.16. The highest BCUT2D eigenvalue weighted by Gasteiger charge is 2.28. The van der Waals surface area contributed by atoms with Gasteiger partial charge in [0.1, 0.15) is 0 Å². The van der Waals surface area contributed by atoms with Gasteiger partial charge in [0.15, 0.2) is 0 Å². The van der Waals surface area contributed by atoms with E-state index in [1.165, 1.54) is 11.8 Å². The SMILES string of the molecule is CNC(CC1CCCN(S(C)(=O)=O)C1)c1cc(C)ccn1. The van der Waals surface area contributed by atoms with Crippen LogP contribution in [0.4, 0.5) is 0 Å². The van der Waals surface area contributed by atoms with Crippen molar-refractivity contribution in [1.29, 1.82) is 0 Å². The Bertz CT molecular complexity index is 574. The molecular weight excluding hydrogens is 286 g/mol. The molecule has 1 aliphatic heterocycles. The summed E-state index contributed by atoms with van der Waals surface area (Å²) in [6.07, 6.45) is 6.07. The minimum atomic E-state index is -3.08. The van der Waals surface area contributed by atoms with Gasteiger partial charge >= 0.3 is 0 Å². The summed E-state index contributed by atoms with van der Waals surface area (Å²) in [5, 5.41) is 3.32. The number of aromatic nitrogens is 1. The quantitative estimate of drug-likeness (QED) is 0.899. The summed E-state index contributed by atoms with van der Waals surface area (Å²) < 4.78 is 25.0. The molecule has 5 nitrogen and oxygen atoms in total. The molecular formula is C15H25N3O2S. The van der Waals surface area contributed by atoms with E-state index < -0.39 is 10.0 Å². The third kappa shape index (κ3) is 4.49. The smallest absolute Gasteiger partial charge is 0.211 e. The van der Waals surface area contributed by atoms with Gasteiger partial charge in [-0.2, -0.15) is 0 Å². The fourth-order valence-electron chi connectivity index (χ4n) is 2.99. The van der Waals surface area contributed by atoms with Crippen LogP contribution in [0.5, 0.6) is 0 Å². The number of hydrogen-bond donors (Lipinski definition) is 1. The van der Waals surface area contributed by atoms with Gasteiger partial charge in [-0.05, 0) is 56.8 Å². The Labute approximate surface area is 127 Å². The molecule has 1 N–H and O–H groups in total. The first-order chi connectivity index (χ1) is 9.90. The lowest BCUT2D eigenvalue weighted by atomic mass is 9.91. The summed E-state index contributed by atoms with van der Waals surface area (Å²) >= 11 is 0. The van der Waals surface area contributed by atoms with E-state index in [2.05, 4.69) is 23.3 Å². The van der Waals surface area contributed by atoms with Crippen molar-refractivity contribution in [2.24, 2.45) is 5.92 Å². The molecule has 0 radical (unpaired) electrons. The zero-order valence-electron chi connectivity index (χ0n) is 13.0. The second kappa shape index (κ2) is 6.85. The number of pyridine rings is 1. The van der Waals surface area contributed by atoms with Crippen LogP contribution in [0.3, 0.4) is 0 Å². The first kappa shape index (κ1) is 16.4. The normalized spacial score (nSPS) is 22.1. The van der Waals surface area contributed by atoms with Crippen LogP contribution in [-0.2, 0) is 10.0 Å². The molecule has 2 unspecified atom stereocenters. The van der Waals surface area contributed by atoms with Crippen LogP contribution in [0, 0.1) is 12.8 Å². The maximum absolute atomic E-state index is 11.7. The van der Waals surface area contributed by atoms with Gasteiger partial charge in [0, 0.05) is 25.3 Å². The van der Waals surface area contributed by atoms with Crippen molar-refractivity contribution < 1.29 is 8.42 Å². The number of nitrogens with one attached hydrogen (secondary N) is 1. The van der Waals surface area contributed by atoms with Crippen molar-refractivity contribution in [3.63, 3.8) is 0 Å². The Morgan fingerprint density at radius 2 is 2.29 bits per heavy atom. The van der Waals surface area contributed by atoms with Gasteiger partial charge in [0.2, 0.25) is 10.0 Å². The molecule has 2 atom stereocenters. The van der Waals surface area contributed by atoms with E-state index in [9.17, 15) is 8.42 Å². The second-order valence-electron chi connectivity index (χ2n) is 5.96. The van der Waals surface area contributed by atoms with E-state index in [-0.39, 0.29) is 6.04 Å². The lowest BCUT2D eigenvalue weighted by Crippen LogP contribution is -2.40. The topological polar surface area (TPSA) is 62.3 Å². The summed E-state index contributed by atoms with van der Waals surface area (Å²) in [4.78, 5) is 4.45. The number of aryl methyl sites for hydroxylation is 1. The van der Waals surface area contributed by atoms with Crippen LogP contribution < -0.4 is 5.32 Å². The van der Waals surface area contributed by atoms with Gasteiger partial charge in [-0.25, -0.2) is 12.7 Å². The summed E-state index contributed by atoms with van der Waals surface area (Å²) in [5.41, 5.74) is 2.23. The van der Waals surface area contributed by atoms with Crippen LogP contribution in [0.15, 0.2) is 18.3 Å². The molecule has 1 aliphatic rings. The van der Waals surface area contributed by atoms with E-state index in [0.29, 0.717) is 19.0 Å². The van der Waals surface area contributed by atoms with Crippen molar-refractivity contribution >= 4 is 10.0 Å². The predicted molar refractivity (Wildman–Crippen MR) is 84.5 cm³/mol. The first-order valence-electron chi connectivity index (χ1n) is 7.45. The van der Waals surface area contributed by atoms with Crippen LogP contribution in [0.1, 0.15) is 36.6 Å². The fraction of sp³-hybridized carbons (Fsp3) is 0.667. The molecule has 0 bridgehead atoms. The zero-order chi connectivity index (χ0) is 15.5. The van der Waals surface area contributed by atoms with Crippen molar-refractivity contribution in [3.05, 3.63) is 29.6 Å². The zero-order valence-corrected chi connectivity index (χ0v) is 13.9. The van der Waals surface area contributed by atoms with Gasteiger partial charge in [0.25, 0.3) is 0 Å². The number of sulfonamides is 1. The molecule has 1 saturated heterocycles. The first-order valence-corrected chi connectivity index (χ1v) is 9.30. The Kier molecular flexibility index (Phi) is 5.35. The Morgan fingerprint density at radius 3 is 2.90 bits per heavy atom. The minimum absolute atomic E-state index is 0.175. The van der Waals surface area contributed by atoms with Gasteiger partial charge in [-0.15, -0.1) is 0 Å². The van der Waals surface area contributed by atoms with Gasteiger partial charge < -0.3 is 5.32 Å². The van der Waals surface area contributed by atoms with Crippen molar-refractivity contribution in [2.75, 3.05) is 26.4 Å². The monoisotopic (exact) mass is 311 g/mol. The summed E-state index contributed by atoms with van der Waals surface area (Å²) in [6.45, 7) is 3.34. The van der Waals surface area contributed by atoms with Crippen molar-refractivity contribution in [2.45, 2.75) is 32.2 Å². The third-order valence-corrected chi connectivity index (χ3v) is 5.43. The second-order valence-corrected chi connectivity index (χ2v) is 7.95. The maximum atomic E-state index is 11.7. The van der Waals surface area contributed by atoms with Crippen LogP contribution in [0.25, 0.3) is 0 Å². The van der Waals surface area contributed by atoms with Gasteiger partial charge in [-0.3, -0.25) is 4.98 Å². The lowest BCUT2D eigenvalue weighted by Gasteiger charge is -2.32. The highest BCUT2D eigenvalue weighted by Crippen LogP contribution is 2.27. The van der Waals surface area contributed by atoms with Crippen LogP contribution in [0.2, 0.25) is 0 Å². The number of hydrogen-bond acceptors (Lipinski definition) is 4. The van der Waals surface area contributed by atoms with E-state index in [1.807, 2.05) is 19.3 Å². The largest absolute Gasteiger partial charge is 0.312 e. The maximum Gasteiger partial charge on any atom is 0.211 e. The van der Waals surface area contributed by atoms with E-state index in [0.717, 1.165) is 25.0 Å². The van der Waals surface area contributed by atoms with Crippen molar-refractivity contribution in [1.82, 2.24) is 14.6 Å². The summed E-state index contributed by atoms with van der Waals surface area (Å²) in [6, 6.07) is 4.26. The Morgan fingerprint density at radius 1 is 1.52 bits per heavy atom. The molecule has 1 aromatic heterocycles. The predicted octanol–water partition coefficient (Wildman–Crippen LogP) is 1.71. The molecule has 2 heterocycles. The van der Waals surface area contributed by atoms with E-state index in [1.54, 1.807) is 4.31 Å². The molecule has 0 aliphatic carbocycles.